The van der Waals surface area contributed by atoms with Gasteiger partial charge in [0.05, 0.1) is 0 Å². The summed E-state index contributed by atoms with van der Waals surface area (Å²) in [5, 5.41) is 8.94. The number of aliphatic imine (C=N–C) groups is 1. The van der Waals surface area contributed by atoms with Gasteiger partial charge in [0.1, 0.15) is 5.69 Å². The summed E-state index contributed by atoms with van der Waals surface area (Å²) in [4.78, 5) is 11.3. The molecule has 0 saturated heterocycles. The Kier molecular flexibility index (Phi) is 8.61. The van der Waals surface area contributed by atoms with Crippen molar-refractivity contribution in [3.05, 3.63) is 42.0 Å². The first-order chi connectivity index (χ1) is 11.9. The molecule has 0 spiro atoms. The van der Waals surface area contributed by atoms with Crippen LogP contribution in [-0.2, 0) is 19.8 Å². The molecule has 2 aromatic heterocycles. The van der Waals surface area contributed by atoms with Crippen LogP contribution in [0.3, 0.4) is 0 Å². The van der Waals surface area contributed by atoms with Crippen LogP contribution in [0.15, 0.2) is 35.7 Å². The molecule has 0 saturated carbocycles. The molecule has 0 aliphatic rings. The zero-order valence-corrected chi connectivity index (χ0v) is 16.7. The van der Waals surface area contributed by atoms with Gasteiger partial charge >= 0.3 is 6.18 Å². The largest absolute Gasteiger partial charge is 0.433 e. The van der Waals surface area contributed by atoms with Crippen molar-refractivity contribution in [2.24, 2.45) is 12.0 Å². The summed E-state index contributed by atoms with van der Waals surface area (Å²) >= 11 is 0. The zero-order valence-electron chi connectivity index (χ0n) is 14.3. The van der Waals surface area contributed by atoms with Gasteiger partial charge in [-0.2, -0.15) is 13.2 Å². The molecule has 0 atom stereocenters. The number of halogens is 4. The lowest BCUT2D eigenvalue weighted by Gasteiger charge is -2.12. The third-order valence-corrected chi connectivity index (χ3v) is 3.22. The van der Waals surface area contributed by atoms with E-state index in [1.807, 2.05) is 30.1 Å². The number of rotatable bonds is 6. The van der Waals surface area contributed by atoms with Crippen LogP contribution >= 0.6 is 24.0 Å². The molecular formula is C15H21F3IN7. The van der Waals surface area contributed by atoms with Gasteiger partial charge in [-0.3, -0.25) is 4.99 Å². The summed E-state index contributed by atoms with van der Waals surface area (Å²) in [5.41, 5.74) is 0.138. The van der Waals surface area contributed by atoms with Gasteiger partial charge in [-0.15, -0.1) is 24.0 Å². The molecule has 0 aliphatic carbocycles. The van der Waals surface area contributed by atoms with Crippen LogP contribution in [-0.4, -0.2) is 40.6 Å². The quantitative estimate of drug-likeness (QED) is 0.254. The number of aromatic nitrogens is 3. The summed E-state index contributed by atoms with van der Waals surface area (Å²) in [6, 6.07) is 2.82. The fourth-order valence-electron chi connectivity index (χ4n) is 2.03. The van der Waals surface area contributed by atoms with E-state index >= 15 is 0 Å². The first-order valence-corrected chi connectivity index (χ1v) is 7.58. The third kappa shape index (κ3) is 7.06. The third-order valence-electron chi connectivity index (χ3n) is 3.22. The molecule has 26 heavy (non-hydrogen) atoms. The van der Waals surface area contributed by atoms with E-state index in [4.69, 9.17) is 0 Å². The van der Waals surface area contributed by atoms with E-state index < -0.39 is 11.9 Å². The highest BCUT2D eigenvalue weighted by molar-refractivity contribution is 14.0. The number of nitrogens with zero attached hydrogens (tertiary/aromatic N) is 4. The van der Waals surface area contributed by atoms with Crippen LogP contribution < -0.4 is 16.0 Å². The Morgan fingerprint density at radius 1 is 1.23 bits per heavy atom. The van der Waals surface area contributed by atoms with Crippen molar-refractivity contribution in [2.75, 3.05) is 25.5 Å². The van der Waals surface area contributed by atoms with Crippen LogP contribution in [0.1, 0.15) is 11.3 Å². The smallest absolute Gasteiger partial charge is 0.357 e. The van der Waals surface area contributed by atoms with E-state index in [1.165, 1.54) is 0 Å². The zero-order chi connectivity index (χ0) is 18.3. The highest BCUT2D eigenvalue weighted by Crippen LogP contribution is 2.27. The van der Waals surface area contributed by atoms with Crippen molar-refractivity contribution in [1.29, 1.82) is 0 Å². The maximum absolute atomic E-state index is 12.6. The molecule has 11 heteroatoms. The minimum atomic E-state index is -4.49. The highest BCUT2D eigenvalue weighted by atomic mass is 127. The molecule has 3 N–H and O–H groups in total. The second-order valence-corrected chi connectivity index (χ2v) is 5.23. The SMILES string of the molecule is CN=C(NCCNc1nccc(C(F)(F)F)n1)NCc1ccn(C)c1.I. The molecule has 2 aromatic rings. The highest BCUT2D eigenvalue weighted by Gasteiger charge is 2.32. The number of anilines is 1. The van der Waals surface area contributed by atoms with Crippen LogP contribution in [0.5, 0.6) is 0 Å². The number of alkyl halides is 3. The first kappa shape index (κ1) is 22.0. The van der Waals surface area contributed by atoms with Gasteiger partial charge in [0.2, 0.25) is 5.95 Å². The van der Waals surface area contributed by atoms with Crippen LogP contribution in [0.25, 0.3) is 0 Å². The van der Waals surface area contributed by atoms with E-state index in [-0.39, 0.29) is 29.9 Å². The maximum atomic E-state index is 12.6. The predicted molar refractivity (Wildman–Crippen MR) is 105 cm³/mol. The van der Waals surface area contributed by atoms with Crippen LogP contribution in [0.2, 0.25) is 0 Å². The average molecular weight is 483 g/mol. The van der Waals surface area contributed by atoms with E-state index in [0.717, 1.165) is 17.8 Å². The number of aryl methyl sites for hydroxylation is 1. The summed E-state index contributed by atoms with van der Waals surface area (Å²) in [6.45, 7) is 1.39. The molecule has 2 rings (SSSR count). The molecule has 0 aliphatic heterocycles. The van der Waals surface area contributed by atoms with Gasteiger partial charge < -0.3 is 20.5 Å². The lowest BCUT2D eigenvalue weighted by atomic mass is 10.3. The van der Waals surface area contributed by atoms with Gasteiger partial charge in [-0.05, 0) is 17.7 Å². The lowest BCUT2D eigenvalue weighted by molar-refractivity contribution is -0.141. The summed E-state index contributed by atoms with van der Waals surface area (Å²) in [5.74, 6) is 0.527. The molecule has 144 valence electrons. The van der Waals surface area contributed by atoms with Gasteiger partial charge in [0.15, 0.2) is 5.96 Å². The van der Waals surface area contributed by atoms with E-state index in [2.05, 4.69) is 30.9 Å². The molecule has 7 nitrogen and oxygen atoms in total. The van der Waals surface area contributed by atoms with Gasteiger partial charge in [0.25, 0.3) is 0 Å². The first-order valence-electron chi connectivity index (χ1n) is 7.58. The topological polar surface area (TPSA) is 79.2 Å². The minimum Gasteiger partial charge on any atom is -0.357 e. The Labute approximate surface area is 166 Å². The molecule has 0 bridgehead atoms. The van der Waals surface area contributed by atoms with Gasteiger partial charge in [-0.1, -0.05) is 0 Å². The molecule has 0 amide bonds. The Morgan fingerprint density at radius 2 is 2.00 bits per heavy atom. The summed E-state index contributed by atoms with van der Waals surface area (Å²) in [6.07, 6.45) is 0.534. The van der Waals surface area contributed by atoms with E-state index in [0.29, 0.717) is 25.6 Å². The second-order valence-electron chi connectivity index (χ2n) is 5.23. The predicted octanol–water partition coefficient (Wildman–Crippen LogP) is 2.23. The van der Waals surface area contributed by atoms with E-state index in [1.54, 1.807) is 7.05 Å². The molecule has 0 aromatic carbocycles. The van der Waals surface area contributed by atoms with Crippen molar-refractivity contribution < 1.29 is 13.2 Å². The number of hydrogen-bond donors (Lipinski definition) is 3. The Hall–Kier alpha value is -2.05. The van der Waals surface area contributed by atoms with Crippen molar-refractivity contribution in [1.82, 2.24) is 25.2 Å². The normalized spacial score (nSPS) is 11.7. The average Bonchev–Trinajstić information content (AvgIpc) is 2.99. The van der Waals surface area contributed by atoms with Gasteiger partial charge in [0, 0.05) is 52.3 Å². The monoisotopic (exact) mass is 483 g/mol. The molecule has 2 heterocycles. The Balaban J connectivity index is 0.00000338. The van der Waals surface area contributed by atoms with E-state index in [9.17, 15) is 13.2 Å². The molecule has 0 radical (unpaired) electrons. The Morgan fingerprint density at radius 3 is 2.62 bits per heavy atom. The number of hydrogen-bond acceptors (Lipinski definition) is 4. The number of nitrogens with one attached hydrogen (secondary N) is 3. The maximum Gasteiger partial charge on any atom is 0.433 e. The fraction of sp³-hybridized carbons (Fsp3) is 0.400. The van der Waals surface area contributed by atoms with Crippen LogP contribution in [0, 0.1) is 0 Å². The lowest BCUT2D eigenvalue weighted by Crippen LogP contribution is -2.39. The summed E-state index contributed by atoms with van der Waals surface area (Å²) in [7, 11) is 3.59. The Bertz CT molecular complexity index is 715. The second kappa shape index (κ2) is 10.2. The fourth-order valence-corrected chi connectivity index (χ4v) is 2.03. The van der Waals surface area contributed by atoms with Crippen LogP contribution in [0.4, 0.5) is 19.1 Å². The molecule has 0 unspecified atom stereocenters. The summed E-state index contributed by atoms with van der Waals surface area (Å²) < 4.78 is 39.7. The van der Waals surface area contributed by atoms with Crippen molar-refractivity contribution in [2.45, 2.75) is 12.7 Å². The molecular weight excluding hydrogens is 462 g/mol. The molecule has 0 fully saturated rings. The van der Waals surface area contributed by atoms with Crippen molar-refractivity contribution in [3.8, 4) is 0 Å². The standard InChI is InChI=1S/C15H20F3N7.HI/c1-19-13(23-9-11-4-8-25(2)10-11)21-6-7-22-14-20-5-3-12(24-14)15(16,17)18;/h3-5,8,10H,6-7,9H2,1-2H3,(H2,19,21,23)(H,20,22,24);1H. The minimum absolute atomic E-state index is 0. The van der Waals surface area contributed by atoms with Crippen molar-refractivity contribution >= 4 is 35.9 Å². The number of guanidine groups is 1. The van der Waals surface area contributed by atoms with Gasteiger partial charge in [-0.25, -0.2) is 9.97 Å². The van der Waals surface area contributed by atoms with Crippen molar-refractivity contribution in [3.63, 3.8) is 0 Å².